The summed E-state index contributed by atoms with van der Waals surface area (Å²) in [5.41, 5.74) is 7.73. The van der Waals surface area contributed by atoms with Crippen LogP contribution in [0.5, 0.6) is 0 Å². The number of benzene rings is 1. The predicted octanol–water partition coefficient (Wildman–Crippen LogP) is 2.36. The maximum atomic E-state index is 6.00. The molecule has 5 heteroatoms. The van der Waals surface area contributed by atoms with E-state index in [4.69, 9.17) is 5.73 Å². The van der Waals surface area contributed by atoms with Crippen molar-refractivity contribution in [2.75, 3.05) is 37.2 Å². The van der Waals surface area contributed by atoms with Crippen molar-refractivity contribution < 1.29 is 0 Å². The minimum Gasteiger partial charge on any atom is -0.381 e. The average Bonchev–Trinajstić information content (AvgIpc) is 2.53. The van der Waals surface area contributed by atoms with E-state index in [2.05, 4.69) is 27.1 Å². The van der Waals surface area contributed by atoms with Gasteiger partial charge in [0, 0.05) is 6.54 Å². The fraction of sp³-hybridized carbons (Fsp3) is 0.500. The molecule has 2 aromatic rings. The van der Waals surface area contributed by atoms with Crippen LogP contribution in [0.4, 0.5) is 11.6 Å². The minimum absolute atomic E-state index is 0.486. The van der Waals surface area contributed by atoms with Gasteiger partial charge in [-0.2, -0.15) is 0 Å². The first-order valence-electron chi connectivity index (χ1n) is 7.74. The van der Waals surface area contributed by atoms with Crippen LogP contribution in [0, 0.1) is 5.92 Å². The van der Waals surface area contributed by atoms with Gasteiger partial charge >= 0.3 is 0 Å². The number of rotatable bonds is 4. The van der Waals surface area contributed by atoms with E-state index in [9.17, 15) is 0 Å². The molecule has 0 unspecified atom stereocenters. The third-order valence-corrected chi connectivity index (χ3v) is 4.31. The first kappa shape index (κ1) is 14.1. The standard InChI is InChI=1S/C16H23N5/c1-2-21-9-7-12(8-10-21)11-18-16-15(17)19-13-5-3-4-6-14(13)20-16/h3-6,12H,2,7-11H2,1H3,(H2,17,19)(H,18,20). The molecule has 0 saturated carbocycles. The summed E-state index contributed by atoms with van der Waals surface area (Å²) >= 11 is 0. The van der Waals surface area contributed by atoms with Crippen molar-refractivity contribution in [2.45, 2.75) is 19.8 Å². The molecule has 0 spiro atoms. The summed E-state index contributed by atoms with van der Waals surface area (Å²) in [5.74, 6) is 1.90. The zero-order valence-electron chi connectivity index (χ0n) is 12.5. The lowest BCUT2D eigenvalue weighted by atomic mass is 9.97. The molecule has 5 nitrogen and oxygen atoms in total. The summed E-state index contributed by atoms with van der Waals surface area (Å²) in [6.07, 6.45) is 2.48. The van der Waals surface area contributed by atoms with Crippen LogP contribution in [0.15, 0.2) is 24.3 Å². The van der Waals surface area contributed by atoms with Crippen LogP contribution in [-0.4, -0.2) is 41.0 Å². The molecule has 1 aliphatic rings. The Balaban J connectivity index is 1.64. The van der Waals surface area contributed by atoms with E-state index in [1.54, 1.807) is 0 Å². The second kappa shape index (κ2) is 6.26. The van der Waals surface area contributed by atoms with E-state index in [0.29, 0.717) is 17.6 Å². The van der Waals surface area contributed by atoms with Crippen molar-refractivity contribution >= 4 is 22.7 Å². The van der Waals surface area contributed by atoms with Crippen LogP contribution in [0.3, 0.4) is 0 Å². The number of anilines is 2. The lowest BCUT2D eigenvalue weighted by Crippen LogP contribution is -2.35. The Morgan fingerprint density at radius 1 is 1.19 bits per heavy atom. The second-order valence-electron chi connectivity index (χ2n) is 5.70. The highest BCUT2D eigenvalue weighted by Crippen LogP contribution is 2.21. The van der Waals surface area contributed by atoms with Crippen molar-refractivity contribution in [3.05, 3.63) is 24.3 Å². The summed E-state index contributed by atoms with van der Waals surface area (Å²) in [7, 11) is 0. The van der Waals surface area contributed by atoms with Crippen LogP contribution in [0.1, 0.15) is 19.8 Å². The van der Waals surface area contributed by atoms with Gasteiger partial charge < -0.3 is 16.0 Å². The molecule has 1 fully saturated rings. The number of nitrogens with one attached hydrogen (secondary N) is 1. The molecule has 3 rings (SSSR count). The molecule has 0 aliphatic carbocycles. The summed E-state index contributed by atoms with van der Waals surface area (Å²) < 4.78 is 0. The van der Waals surface area contributed by atoms with Gasteiger partial charge in [-0.25, -0.2) is 9.97 Å². The largest absolute Gasteiger partial charge is 0.381 e. The third kappa shape index (κ3) is 3.24. The molecule has 0 radical (unpaired) electrons. The van der Waals surface area contributed by atoms with E-state index in [1.807, 2.05) is 24.3 Å². The molecule has 0 atom stereocenters. The lowest BCUT2D eigenvalue weighted by Gasteiger charge is -2.31. The molecule has 1 aliphatic heterocycles. The Morgan fingerprint density at radius 3 is 2.52 bits per heavy atom. The molecule has 0 bridgehead atoms. The van der Waals surface area contributed by atoms with Gasteiger partial charge in [0.2, 0.25) is 0 Å². The normalized spacial score (nSPS) is 17.2. The van der Waals surface area contributed by atoms with Gasteiger partial charge in [0.25, 0.3) is 0 Å². The average molecular weight is 285 g/mol. The third-order valence-electron chi connectivity index (χ3n) is 4.31. The van der Waals surface area contributed by atoms with Gasteiger partial charge in [0.1, 0.15) is 0 Å². The Kier molecular flexibility index (Phi) is 4.20. The molecule has 2 heterocycles. The molecule has 112 valence electrons. The molecule has 3 N–H and O–H groups in total. The van der Waals surface area contributed by atoms with E-state index in [-0.39, 0.29) is 0 Å². The molecule has 1 aromatic carbocycles. The van der Waals surface area contributed by atoms with Crippen molar-refractivity contribution in [1.82, 2.24) is 14.9 Å². The van der Waals surface area contributed by atoms with Gasteiger partial charge in [-0.15, -0.1) is 0 Å². The fourth-order valence-corrected chi connectivity index (χ4v) is 2.89. The first-order chi connectivity index (χ1) is 10.3. The van der Waals surface area contributed by atoms with E-state index in [0.717, 1.165) is 24.1 Å². The Labute approximate surface area is 125 Å². The molecule has 0 amide bonds. The number of piperidine rings is 1. The number of nitrogens with two attached hydrogens (primary N) is 1. The van der Waals surface area contributed by atoms with Crippen LogP contribution >= 0.6 is 0 Å². The Morgan fingerprint density at radius 2 is 1.86 bits per heavy atom. The summed E-state index contributed by atoms with van der Waals surface area (Å²) in [6.45, 7) is 6.70. The highest BCUT2D eigenvalue weighted by molar-refractivity contribution is 5.79. The van der Waals surface area contributed by atoms with Gasteiger partial charge in [-0.05, 0) is 50.5 Å². The number of hydrogen-bond donors (Lipinski definition) is 2. The van der Waals surface area contributed by atoms with E-state index < -0.39 is 0 Å². The number of para-hydroxylation sites is 2. The minimum atomic E-state index is 0.486. The smallest absolute Gasteiger partial charge is 0.169 e. The van der Waals surface area contributed by atoms with E-state index in [1.165, 1.54) is 25.9 Å². The van der Waals surface area contributed by atoms with Gasteiger partial charge in [-0.3, -0.25) is 0 Å². The number of fused-ring (bicyclic) bond motifs is 1. The quantitative estimate of drug-likeness (QED) is 0.902. The summed E-state index contributed by atoms with van der Waals surface area (Å²) in [5, 5.41) is 3.39. The van der Waals surface area contributed by atoms with Crippen LogP contribution in [0.2, 0.25) is 0 Å². The number of nitrogen functional groups attached to an aromatic ring is 1. The molecular formula is C16H23N5. The highest BCUT2D eigenvalue weighted by Gasteiger charge is 2.18. The van der Waals surface area contributed by atoms with Gasteiger partial charge in [0.15, 0.2) is 11.6 Å². The Bertz CT molecular complexity index is 605. The zero-order chi connectivity index (χ0) is 14.7. The van der Waals surface area contributed by atoms with Crippen molar-refractivity contribution in [3.63, 3.8) is 0 Å². The van der Waals surface area contributed by atoms with E-state index >= 15 is 0 Å². The molecule has 1 aromatic heterocycles. The zero-order valence-corrected chi connectivity index (χ0v) is 12.5. The van der Waals surface area contributed by atoms with Crippen molar-refractivity contribution in [2.24, 2.45) is 5.92 Å². The van der Waals surface area contributed by atoms with Gasteiger partial charge in [-0.1, -0.05) is 19.1 Å². The second-order valence-corrected chi connectivity index (χ2v) is 5.70. The van der Waals surface area contributed by atoms with Crippen LogP contribution in [-0.2, 0) is 0 Å². The number of aromatic nitrogens is 2. The van der Waals surface area contributed by atoms with Crippen molar-refractivity contribution in [3.8, 4) is 0 Å². The van der Waals surface area contributed by atoms with Crippen LogP contribution < -0.4 is 11.1 Å². The number of likely N-dealkylation sites (tertiary alicyclic amines) is 1. The number of nitrogens with zero attached hydrogens (tertiary/aromatic N) is 3. The fourth-order valence-electron chi connectivity index (χ4n) is 2.89. The SMILES string of the molecule is CCN1CCC(CNc2nc3ccccc3nc2N)CC1. The molecule has 21 heavy (non-hydrogen) atoms. The van der Waals surface area contributed by atoms with Crippen molar-refractivity contribution in [1.29, 1.82) is 0 Å². The number of hydrogen-bond acceptors (Lipinski definition) is 5. The molecular weight excluding hydrogens is 262 g/mol. The lowest BCUT2D eigenvalue weighted by molar-refractivity contribution is 0.198. The predicted molar refractivity (Wildman–Crippen MR) is 87.3 cm³/mol. The first-order valence-corrected chi connectivity index (χ1v) is 7.74. The topological polar surface area (TPSA) is 67.1 Å². The Hall–Kier alpha value is -1.88. The maximum Gasteiger partial charge on any atom is 0.169 e. The summed E-state index contributed by atoms with van der Waals surface area (Å²) in [4.78, 5) is 11.5. The van der Waals surface area contributed by atoms with Crippen LogP contribution in [0.25, 0.3) is 11.0 Å². The maximum absolute atomic E-state index is 6.00. The van der Waals surface area contributed by atoms with Gasteiger partial charge in [0.05, 0.1) is 11.0 Å². The highest BCUT2D eigenvalue weighted by atomic mass is 15.1. The molecule has 1 saturated heterocycles. The monoisotopic (exact) mass is 285 g/mol. The summed E-state index contributed by atoms with van der Waals surface area (Å²) in [6, 6.07) is 7.82.